The second-order valence-corrected chi connectivity index (χ2v) is 4.01. The first-order valence-corrected chi connectivity index (χ1v) is 4.57. The highest BCUT2D eigenvalue weighted by molar-refractivity contribution is 5.68. The molecule has 1 aliphatic heterocycles. The van der Waals surface area contributed by atoms with Gasteiger partial charge >= 0.3 is 6.09 Å². The van der Waals surface area contributed by atoms with E-state index in [4.69, 9.17) is 4.74 Å². The number of nitrogens with zero attached hydrogens (tertiary/aromatic N) is 1. The molecule has 0 unspecified atom stereocenters. The fourth-order valence-corrected chi connectivity index (χ4v) is 0.930. The Morgan fingerprint density at radius 3 is 2.79 bits per heavy atom. The SMILES string of the molecule is CC(C)(C)OC(=O)N1CC=CC=CN1. The van der Waals surface area contributed by atoms with Gasteiger partial charge in [0, 0.05) is 6.20 Å². The summed E-state index contributed by atoms with van der Waals surface area (Å²) in [6, 6.07) is 0. The van der Waals surface area contributed by atoms with Gasteiger partial charge in [-0.15, -0.1) is 0 Å². The van der Waals surface area contributed by atoms with Gasteiger partial charge in [0.05, 0.1) is 6.54 Å². The number of ether oxygens (including phenoxy) is 1. The maximum absolute atomic E-state index is 11.5. The molecule has 0 radical (unpaired) electrons. The lowest BCUT2D eigenvalue weighted by molar-refractivity contribution is 0.0205. The topological polar surface area (TPSA) is 41.6 Å². The lowest BCUT2D eigenvalue weighted by atomic mass is 10.2. The van der Waals surface area contributed by atoms with Gasteiger partial charge in [-0.1, -0.05) is 12.2 Å². The standard InChI is InChI=1S/C10H16N2O2/c1-10(2,3)14-9(13)12-8-6-4-5-7-11-12/h4-7,11H,8H2,1-3H3. The molecule has 14 heavy (non-hydrogen) atoms. The second kappa shape index (κ2) is 4.17. The van der Waals surface area contributed by atoms with Gasteiger partial charge in [0.2, 0.25) is 0 Å². The highest BCUT2D eigenvalue weighted by Crippen LogP contribution is 2.09. The van der Waals surface area contributed by atoms with E-state index in [1.54, 1.807) is 6.20 Å². The van der Waals surface area contributed by atoms with E-state index in [9.17, 15) is 4.79 Å². The Morgan fingerprint density at radius 2 is 2.14 bits per heavy atom. The van der Waals surface area contributed by atoms with Crippen LogP contribution in [0, 0.1) is 0 Å². The van der Waals surface area contributed by atoms with Crippen molar-refractivity contribution in [2.24, 2.45) is 0 Å². The van der Waals surface area contributed by atoms with E-state index in [2.05, 4.69) is 5.43 Å². The van der Waals surface area contributed by atoms with Crippen molar-refractivity contribution in [1.29, 1.82) is 0 Å². The van der Waals surface area contributed by atoms with Gasteiger partial charge < -0.3 is 10.2 Å². The van der Waals surface area contributed by atoms with E-state index < -0.39 is 5.60 Å². The molecule has 0 aromatic rings. The van der Waals surface area contributed by atoms with E-state index in [-0.39, 0.29) is 6.09 Å². The Hall–Kier alpha value is -1.45. The molecule has 1 aliphatic rings. The van der Waals surface area contributed by atoms with Crippen LogP contribution >= 0.6 is 0 Å². The van der Waals surface area contributed by atoms with Gasteiger partial charge in [0.15, 0.2) is 0 Å². The van der Waals surface area contributed by atoms with Crippen LogP contribution in [0.2, 0.25) is 0 Å². The molecule has 0 bridgehead atoms. The van der Waals surface area contributed by atoms with Crippen LogP contribution in [-0.4, -0.2) is 23.2 Å². The zero-order valence-corrected chi connectivity index (χ0v) is 8.78. The number of allylic oxidation sites excluding steroid dienone is 2. The average Bonchev–Trinajstić information content (AvgIpc) is 2.27. The number of carbonyl (C=O) groups is 1. The first kappa shape index (κ1) is 10.6. The van der Waals surface area contributed by atoms with Crippen LogP contribution in [0.1, 0.15) is 20.8 Å². The van der Waals surface area contributed by atoms with Gasteiger partial charge in [-0.25, -0.2) is 9.80 Å². The first-order chi connectivity index (χ1) is 6.49. The number of rotatable bonds is 0. The van der Waals surface area contributed by atoms with Gasteiger partial charge in [-0.05, 0) is 26.8 Å². The number of hydrazine groups is 1. The molecule has 0 atom stereocenters. The molecular formula is C10H16N2O2. The van der Waals surface area contributed by atoms with Crippen LogP contribution in [0.15, 0.2) is 24.4 Å². The summed E-state index contributed by atoms with van der Waals surface area (Å²) in [7, 11) is 0. The summed E-state index contributed by atoms with van der Waals surface area (Å²) < 4.78 is 5.19. The smallest absolute Gasteiger partial charge is 0.429 e. The quantitative estimate of drug-likeness (QED) is 0.642. The van der Waals surface area contributed by atoms with E-state index in [0.717, 1.165) is 0 Å². The monoisotopic (exact) mass is 196 g/mol. The van der Waals surface area contributed by atoms with E-state index >= 15 is 0 Å². The van der Waals surface area contributed by atoms with E-state index in [1.807, 2.05) is 39.0 Å². The Balaban J connectivity index is 2.52. The summed E-state index contributed by atoms with van der Waals surface area (Å²) in [5.74, 6) is 0. The normalized spacial score (nSPS) is 16.1. The van der Waals surface area contributed by atoms with Crippen molar-refractivity contribution in [1.82, 2.24) is 10.4 Å². The van der Waals surface area contributed by atoms with Gasteiger partial charge in [0.25, 0.3) is 0 Å². The van der Waals surface area contributed by atoms with E-state index in [1.165, 1.54) is 5.01 Å². The lowest BCUT2D eigenvalue weighted by Gasteiger charge is -2.25. The highest BCUT2D eigenvalue weighted by atomic mass is 16.6. The first-order valence-electron chi connectivity index (χ1n) is 4.57. The lowest BCUT2D eigenvalue weighted by Crippen LogP contribution is -2.42. The summed E-state index contributed by atoms with van der Waals surface area (Å²) >= 11 is 0. The molecule has 0 fully saturated rings. The zero-order chi connectivity index (χ0) is 10.6. The van der Waals surface area contributed by atoms with Crippen LogP contribution in [0.3, 0.4) is 0 Å². The van der Waals surface area contributed by atoms with Crippen LogP contribution in [-0.2, 0) is 4.74 Å². The molecule has 4 nitrogen and oxygen atoms in total. The minimum atomic E-state index is -0.460. The maximum atomic E-state index is 11.5. The largest absolute Gasteiger partial charge is 0.442 e. The maximum Gasteiger partial charge on any atom is 0.429 e. The average molecular weight is 196 g/mol. The molecule has 78 valence electrons. The summed E-state index contributed by atoms with van der Waals surface area (Å²) in [5, 5.41) is 1.41. The number of amides is 1. The third-order valence-electron chi connectivity index (χ3n) is 1.48. The van der Waals surface area contributed by atoms with Crippen molar-refractivity contribution in [2.45, 2.75) is 26.4 Å². The van der Waals surface area contributed by atoms with Crippen molar-refractivity contribution in [2.75, 3.05) is 6.54 Å². The van der Waals surface area contributed by atoms with Crippen molar-refractivity contribution >= 4 is 6.09 Å². The van der Waals surface area contributed by atoms with Crippen LogP contribution in [0.5, 0.6) is 0 Å². The molecule has 0 aromatic heterocycles. The van der Waals surface area contributed by atoms with Crippen LogP contribution < -0.4 is 5.43 Å². The Kier molecular flexibility index (Phi) is 3.17. The van der Waals surface area contributed by atoms with Crippen molar-refractivity contribution in [3.63, 3.8) is 0 Å². The number of nitrogens with one attached hydrogen (secondary N) is 1. The molecule has 1 amide bonds. The summed E-state index contributed by atoms with van der Waals surface area (Å²) in [6.45, 7) is 6.03. The molecular weight excluding hydrogens is 180 g/mol. The summed E-state index contributed by atoms with van der Waals surface area (Å²) in [4.78, 5) is 11.5. The molecule has 1 heterocycles. The van der Waals surface area contributed by atoms with Gasteiger partial charge in [0.1, 0.15) is 5.60 Å². The molecule has 4 heteroatoms. The molecule has 1 N–H and O–H groups in total. The van der Waals surface area contributed by atoms with Crippen LogP contribution in [0.25, 0.3) is 0 Å². The molecule has 0 aromatic carbocycles. The molecule has 0 spiro atoms. The predicted octanol–water partition coefficient (Wildman–Crippen LogP) is 1.81. The van der Waals surface area contributed by atoms with Gasteiger partial charge in [-0.3, -0.25) is 0 Å². The summed E-state index contributed by atoms with van der Waals surface area (Å²) in [5.41, 5.74) is 2.36. The minimum Gasteiger partial charge on any atom is -0.442 e. The molecule has 0 saturated carbocycles. The predicted molar refractivity (Wildman–Crippen MR) is 54.4 cm³/mol. The summed E-state index contributed by atoms with van der Waals surface area (Å²) in [6.07, 6.45) is 6.89. The number of carbonyl (C=O) groups excluding carboxylic acids is 1. The Morgan fingerprint density at radius 1 is 1.43 bits per heavy atom. The second-order valence-electron chi connectivity index (χ2n) is 4.01. The third kappa shape index (κ3) is 3.51. The fourth-order valence-electron chi connectivity index (χ4n) is 0.930. The van der Waals surface area contributed by atoms with Crippen molar-refractivity contribution in [3.05, 3.63) is 24.4 Å². The third-order valence-corrected chi connectivity index (χ3v) is 1.48. The molecule has 0 saturated heterocycles. The van der Waals surface area contributed by atoms with Crippen molar-refractivity contribution in [3.8, 4) is 0 Å². The highest BCUT2D eigenvalue weighted by Gasteiger charge is 2.20. The fraction of sp³-hybridized carbons (Fsp3) is 0.500. The Bertz CT molecular complexity index is 250. The van der Waals surface area contributed by atoms with Crippen molar-refractivity contribution < 1.29 is 9.53 Å². The Labute approximate surface area is 84.2 Å². The zero-order valence-electron chi connectivity index (χ0n) is 8.78. The number of hydrogen-bond donors (Lipinski definition) is 1. The van der Waals surface area contributed by atoms with Crippen LogP contribution in [0.4, 0.5) is 4.79 Å². The van der Waals surface area contributed by atoms with E-state index in [0.29, 0.717) is 6.54 Å². The molecule has 0 aliphatic carbocycles. The molecule has 1 rings (SSSR count). The minimum absolute atomic E-state index is 0.367. The van der Waals surface area contributed by atoms with Gasteiger partial charge in [-0.2, -0.15) is 0 Å². The number of hydrogen-bond acceptors (Lipinski definition) is 3.